The topological polar surface area (TPSA) is 0 Å². The molecular formula is C12H16S3. The molecule has 0 amide bonds. The molecule has 1 aliphatic rings. The summed E-state index contributed by atoms with van der Waals surface area (Å²) in [4.78, 5) is 0. The van der Waals surface area contributed by atoms with Gasteiger partial charge in [0, 0.05) is 11.0 Å². The van der Waals surface area contributed by atoms with Crippen molar-refractivity contribution in [3.63, 3.8) is 0 Å². The van der Waals surface area contributed by atoms with Gasteiger partial charge in [-0.15, -0.1) is 23.5 Å². The highest BCUT2D eigenvalue weighted by Gasteiger charge is 2.26. The maximum atomic E-state index is 4.30. The van der Waals surface area contributed by atoms with Crippen LogP contribution in [0.25, 0.3) is 0 Å². The zero-order chi connectivity index (χ0) is 10.7. The molecular weight excluding hydrogens is 240 g/mol. The van der Waals surface area contributed by atoms with E-state index in [1.54, 1.807) is 0 Å². The largest absolute Gasteiger partial charge is 0.179 e. The van der Waals surface area contributed by atoms with Crippen LogP contribution >= 0.6 is 36.2 Å². The lowest BCUT2D eigenvalue weighted by Crippen LogP contribution is -2.00. The van der Waals surface area contributed by atoms with Crippen molar-refractivity contribution in [1.29, 1.82) is 0 Å². The molecule has 82 valence electrons. The first-order valence-corrected chi connectivity index (χ1v) is 7.86. The second-order valence-electron chi connectivity index (χ2n) is 3.85. The number of hydrogen-bond acceptors (Lipinski definition) is 3. The van der Waals surface area contributed by atoms with E-state index >= 15 is 0 Å². The molecule has 1 saturated heterocycles. The summed E-state index contributed by atoms with van der Waals surface area (Å²) in [7, 11) is 0. The average Bonchev–Trinajstić information content (AvgIpc) is 2.68. The first-order chi connectivity index (χ1) is 7.29. The van der Waals surface area contributed by atoms with Crippen LogP contribution in [-0.4, -0.2) is 16.8 Å². The van der Waals surface area contributed by atoms with Gasteiger partial charge < -0.3 is 0 Å². The number of hydrogen-bond donors (Lipinski definition) is 1. The predicted octanol–water partition coefficient (Wildman–Crippen LogP) is 4.16. The fourth-order valence-corrected chi connectivity index (χ4v) is 5.52. The van der Waals surface area contributed by atoms with Gasteiger partial charge in [0.25, 0.3) is 0 Å². The van der Waals surface area contributed by atoms with E-state index in [4.69, 9.17) is 0 Å². The van der Waals surface area contributed by atoms with Crippen molar-refractivity contribution < 1.29 is 0 Å². The normalized spacial score (nSPS) is 25.7. The zero-order valence-electron chi connectivity index (χ0n) is 8.85. The van der Waals surface area contributed by atoms with Gasteiger partial charge in [0.15, 0.2) is 0 Å². The maximum absolute atomic E-state index is 4.30. The second kappa shape index (κ2) is 5.55. The Morgan fingerprint density at radius 1 is 1.33 bits per heavy atom. The molecule has 0 aromatic heterocycles. The molecule has 1 aromatic carbocycles. The summed E-state index contributed by atoms with van der Waals surface area (Å²) in [5.41, 5.74) is 2.82. The third kappa shape index (κ3) is 3.11. The summed E-state index contributed by atoms with van der Waals surface area (Å²) < 4.78 is 0.649. The molecule has 0 bridgehead atoms. The Hall–Kier alpha value is 0.270. The zero-order valence-corrected chi connectivity index (χ0v) is 11.4. The first kappa shape index (κ1) is 11.7. The fraction of sp³-hybridized carbons (Fsp3) is 0.500. The van der Waals surface area contributed by atoms with Crippen LogP contribution < -0.4 is 0 Å². The number of aryl methyl sites for hydroxylation is 1. The minimum atomic E-state index is 0.649. The SMILES string of the molecule is Cc1ccc(C2SCC(CCS)S2)cc1. The van der Waals surface area contributed by atoms with Gasteiger partial charge in [-0.2, -0.15) is 12.6 Å². The molecule has 2 unspecified atom stereocenters. The van der Waals surface area contributed by atoms with Crippen molar-refractivity contribution in [3.05, 3.63) is 35.4 Å². The monoisotopic (exact) mass is 256 g/mol. The second-order valence-corrected chi connectivity index (χ2v) is 7.14. The fourth-order valence-electron chi connectivity index (χ4n) is 1.64. The molecule has 0 aliphatic carbocycles. The van der Waals surface area contributed by atoms with E-state index < -0.39 is 0 Å². The van der Waals surface area contributed by atoms with E-state index in [1.165, 1.54) is 23.3 Å². The van der Waals surface area contributed by atoms with Crippen LogP contribution in [0.3, 0.4) is 0 Å². The van der Waals surface area contributed by atoms with Crippen molar-refractivity contribution in [3.8, 4) is 0 Å². The quantitative estimate of drug-likeness (QED) is 0.806. The van der Waals surface area contributed by atoms with Gasteiger partial charge in [0.2, 0.25) is 0 Å². The summed E-state index contributed by atoms with van der Waals surface area (Å²) in [6.07, 6.45) is 1.24. The van der Waals surface area contributed by atoms with Crippen LogP contribution in [0.2, 0.25) is 0 Å². The molecule has 1 aliphatic heterocycles. The minimum Gasteiger partial charge on any atom is -0.179 e. The summed E-state index contributed by atoms with van der Waals surface area (Å²) in [6, 6.07) is 8.96. The van der Waals surface area contributed by atoms with Crippen LogP contribution in [0.4, 0.5) is 0 Å². The molecule has 15 heavy (non-hydrogen) atoms. The Bertz CT molecular complexity index is 307. The van der Waals surface area contributed by atoms with Crippen molar-refractivity contribution in [2.24, 2.45) is 0 Å². The van der Waals surface area contributed by atoms with Crippen LogP contribution in [0.1, 0.15) is 22.1 Å². The number of rotatable bonds is 3. The molecule has 0 N–H and O–H groups in total. The molecule has 0 saturated carbocycles. The van der Waals surface area contributed by atoms with Crippen LogP contribution in [0.5, 0.6) is 0 Å². The molecule has 1 heterocycles. The van der Waals surface area contributed by atoms with Crippen molar-refractivity contribution in [1.82, 2.24) is 0 Å². The average molecular weight is 256 g/mol. The van der Waals surface area contributed by atoms with E-state index in [0.717, 1.165) is 11.0 Å². The Morgan fingerprint density at radius 3 is 2.73 bits per heavy atom. The van der Waals surface area contributed by atoms with Crippen LogP contribution in [-0.2, 0) is 0 Å². The summed E-state index contributed by atoms with van der Waals surface area (Å²) in [6.45, 7) is 2.14. The van der Waals surface area contributed by atoms with Gasteiger partial charge in [0.1, 0.15) is 0 Å². The van der Waals surface area contributed by atoms with Crippen molar-refractivity contribution in [2.75, 3.05) is 11.5 Å². The maximum Gasteiger partial charge on any atom is 0.0754 e. The van der Waals surface area contributed by atoms with Gasteiger partial charge in [0.05, 0.1) is 4.58 Å². The van der Waals surface area contributed by atoms with Gasteiger partial charge in [-0.1, -0.05) is 29.8 Å². The van der Waals surface area contributed by atoms with E-state index in [2.05, 4.69) is 67.3 Å². The lowest BCUT2D eigenvalue weighted by atomic mass is 10.2. The Morgan fingerprint density at radius 2 is 2.07 bits per heavy atom. The number of benzene rings is 1. The standard InChI is InChI=1S/C12H16S3/c1-9-2-4-10(5-3-9)12-14-8-11(15-12)6-7-13/h2-5,11-13H,6-8H2,1H3. The smallest absolute Gasteiger partial charge is 0.0754 e. The Balaban J connectivity index is 1.98. The molecule has 0 radical (unpaired) electrons. The molecule has 3 heteroatoms. The van der Waals surface area contributed by atoms with E-state index in [-0.39, 0.29) is 0 Å². The summed E-state index contributed by atoms with van der Waals surface area (Å²) in [5.74, 6) is 2.29. The number of thiol groups is 1. The molecule has 1 fully saturated rings. The molecule has 0 spiro atoms. The van der Waals surface area contributed by atoms with E-state index in [9.17, 15) is 0 Å². The third-order valence-corrected chi connectivity index (χ3v) is 6.24. The molecule has 2 rings (SSSR count). The van der Waals surface area contributed by atoms with Gasteiger partial charge in [-0.05, 0) is 24.7 Å². The highest BCUT2D eigenvalue weighted by atomic mass is 32.2. The van der Waals surface area contributed by atoms with E-state index in [1.807, 2.05) is 0 Å². The molecule has 2 atom stereocenters. The lowest BCUT2D eigenvalue weighted by molar-refractivity contribution is 0.939. The minimum absolute atomic E-state index is 0.649. The first-order valence-electron chi connectivity index (χ1n) is 5.24. The van der Waals surface area contributed by atoms with Crippen molar-refractivity contribution >= 4 is 36.2 Å². The summed E-state index contributed by atoms with van der Waals surface area (Å²) in [5, 5.41) is 0.804. The van der Waals surface area contributed by atoms with Crippen LogP contribution in [0, 0.1) is 6.92 Å². The van der Waals surface area contributed by atoms with Gasteiger partial charge in [-0.3, -0.25) is 0 Å². The third-order valence-electron chi connectivity index (χ3n) is 2.55. The molecule has 0 nitrogen and oxygen atoms in total. The van der Waals surface area contributed by atoms with Gasteiger partial charge >= 0.3 is 0 Å². The number of thioether (sulfide) groups is 2. The Labute approximate surface area is 106 Å². The highest BCUT2D eigenvalue weighted by molar-refractivity contribution is 8.19. The van der Waals surface area contributed by atoms with Crippen LogP contribution in [0.15, 0.2) is 24.3 Å². The lowest BCUT2D eigenvalue weighted by Gasteiger charge is -2.10. The van der Waals surface area contributed by atoms with E-state index in [0.29, 0.717) is 4.58 Å². The Kier molecular flexibility index (Phi) is 4.35. The molecule has 1 aromatic rings. The van der Waals surface area contributed by atoms with Crippen molar-refractivity contribution in [2.45, 2.75) is 23.2 Å². The summed E-state index contributed by atoms with van der Waals surface area (Å²) >= 11 is 8.49. The highest BCUT2D eigenvalue weighted by Crippen LogP contribution is 2.50. The van der Waals surface area contributed by atoms with Gasteiger partial charge in [-0.25, -0.2) is 0 Å². The predicted molar refractivity (Wildman–Crippen MR) is 76.2 cm³/mol.